The average molecular weight is 263 g/mol. The van der Waals surface area contributed by atoms with Gasteiger partial charge in [-0.3, -0.25) is 14.9 Å². The lowest BCUT2D eigenvalue weighted by atomic mass is 9.60. The quantitative estimate of drug-likeness (QED) is 0.682. The molecule has 1 N–H and O–H groups in total. The van der Waals surface area contributed by atoms with Crippen LogP contribution in [0.25, 0.3) is 0 Å². The molecule has 0 radical (unpaired) electrons. The van der Waals surface area contributed by atoms with Gasteiger partial charge in [-0.05, 0) is 31.1 Å². The fraction of sp³-hybridized carbons (Fsp3) is 0.833. The second-order valence-electron chi connectivity index (χ2n) is 5.49. The number of carbonyl (C=O) groups excluding carboxylic acids is 2. The van der Waals surface area contributed by atoms with Crippen molar-refractivity contribution < 1.29 is 22.8 Å². The highest BCUT2D eigenvalue weighted by Gasteiger charge is 2.51. The van der Waals surface area contributed by atoms with E-state index < -0.39 is 17.5 Å². The van der Waals surface area contributed by atoms with Gasteiger partial charge in [0, 0.05) is 12.3 Å². The second-order valence-corrected chi connectivity index (χ2v) is 5.49. The summed E-state index contributed by atoms with van der Waals surface area (Å²) in [7, 11) is 0. The third-order valence-corrected chi connectivity index (χ3v) is 4.53. The first-order chi connectivity index (χ1) is 8.24. The summed E-state index contributed by atoms with van der Waals surface area (Å²) >= 11 is 0. The van der Waals surface area contributed by atoms with E-state index >= 15 is 0 Å². The van der Waals surface area contributed by atoms with Crippen molar-refractivity contribution in [2.45, 2.75) is 45.2 Å². The van der Waals surface area contributed by atoms with Crippen molar-refractivity contribution >= 4 is 11.8 Å². The Morgan fingerprint density at radius 2 is 1.78 bits per heavy atom. The van der Waals surface area contributed by atoms with Gasteiger partial charge in [-0.1, -0.05) is 6.92 Å². The van der Waals surface area contributed by atoms with E-state index in [1.54, 1.807) is 6.92 Å². The molecule has 1 saturated heterocycles. The molecule has 1 saturated carbocycles. The van der Waals surface area contributed by atoms with E-state index in [0.717, 1.165) is 0 Å². The zero-order chi connectivity index (χ0) is 13.6. The highest BCUT2D eigenvalue weighted by atomic mass is 19.4. The van der Waals surface area contributed by atoms with Gasteiger partial charge in [0.25, 0.3) is 0 Å². The first-order valence-corrected chi connectivity index (χ1v) is 6.15. The van der Waals surface area contributed by atoms with Crippen LogP contribution in [-0.4, -0.2) is 18.0 Å². The Morgan fingerprint density at radius 1 is 1.22 bits per heavy atom. The number of amides is 2. The van der Waals surface area contributed by atoms with Crippen molar-refractivity contribution in [2.75, 3.05) is 0 Å². The molecule has 2 rings (SSSR count). The third kappa shape index (κ3) is 2.24. The molecule has 1 aliphatic carbocycles. The molecule has 2 aliphatic rings. The minimum atomic E-state index is -4.16. The Morgan fingerprint density at radius 3 is 2.28 bits per heavy atom. The summed E-state index contributed by atoms with van der Waals surface area (Å²) in [6, 6.07) is 0. The second kappa shape index (κ2) is 4.24. The van der Waals surface area contributed by atoms with Crippen LogP contribution >= 0.6 is 0 Å². The van der Waals surface area contributed by atoms with Crippen LogP contribution in [0.4, 0.5) is 13.2 Å². The van der Waals surface area contributed by atoms with Gasteiger partial charge in [-0.15, -0.1) is 0 Å². The van der Waals surface area contributed by atoms with E-state index in [-0.39, 0.29) is 37.0 Å². The number of hydrogen-bond donors (Lipinski definition) is 1. The van der Waals surface area contributed by atoms with Crippen LogP contribution in [0.15, 0.2) is 0 Å². The number of carbonyl (C=O) groups is 2. The predicted molar refractivity (Wildman–Crippen MR) is 57.4 cm³/mol. The Hall–Kier alpha value is -1.07. The van der Waals surface area contributed by atoms with E-state index in [2.05, 4.69) is 5.32 Å². The first-order valence-electron chi connectivity index (χ1n) is 6.15. The molecule has 3 nitrogen and oxygen atoms in total. The highest BCUT2D eigenvalue weighted by molar-refractivity contribution is 5.99. The van der Waals surface area contributed by atoms with Gasteiger partial charge in [-0.2, -0.15) is 13.2 Å². The van der Waals surface area contributed by atoms with Gasteiger partial charge in [0.1, 0.15) is 0 Å². The van der Waals surface area contributed by atoms with Gasteiger partial charge in [-0.25, -0.2) is 0 Å². The molecule has 18 heavy (non-hydrogen) atoms. The third-order valence-electron chi connectivity index (χ3n) is 4.53. The molecule has 1 heterocycles. The Kier molecular flexibility index (Phi) is 3.15. The fourth-order valence-corrected chi connectivity index (χ4v) is 3.17. The number of rotatable bonds is 0. The minimum absolute atomic E-state index is 0.0222. The summed E-state index contributed by atoms with van der Waals surface area (Å²) in [6.45, 7) is 1.70. The molecule has 1 spiro atoms. The molecule has 1 atom stereocenters. The largest absolute Gasteiger partial charge is 0.391 e. The molecule has 2 fully saturated rings. The van der Waals surface area contributed by atoms with Crippen LogP contribution in [0.5, 0.6) is 0 Å². The highest BCUT2D eigenvalue weighted by Crippen LogP contribution is 2.51. The predicted octanol–water partition coefficient (Wildman–Crippen LogP) is 2.41. The van der Waals surface area contributed by atoms with Crippen molar-refractivity contribution in [3.8, 4) is 0 Å². The lowest BCUT2D eigenvalue weighted by Crippen LogP contribution is -2.52. The monoisotopic (exact) mass is 263 g/mol. The Bertz CT molecular complexity index is 370. The van der Waals surface area contributed by atoms with Gasteiger partial charge < -0.3 is 0 Å². The van der Waals surface area contributed by atoms with Crippen LogP contribution in [0, 0.1) is 17.3 Å². The van der Waals surface area contributed by atoms with Crippen molar-refractivity contribution in [3.05, 3.63) is 0 Å². The molecule has 1 aliphatic heterocycles. The Balaban J connectivity index is 2.11. The van der Waals surface area contributed by atoms with Crippen LogP contribution in [-0.2, 0) is 9.59 Å². The molecule has 0 aromatic heterocycles. The molecular formula is C12H16F3NO2. The lowest BCUT2D eigenvalue weighted by Gasteiger charge is -2.45. The first kappa shape index (κ1) is 13.4. The number of alkyl halides is 3. The molecule has 102 valence electrons. The average Bonchev–Trinajstić information content (AvgIpc) is 2.25. The van der Waals surface area contributed by atoms with E-state index in [4.69, 9.17) is 0 Å². The molecule has 0 aromatic rings. The van der Waals surface area contributed by atoms with Crippen LogP contribution < -0.4 is 5.32 Å². The summed E-state index contributed by atoms with van der Waals surface area (Å²) in [6.07, 6.45) is -3.34. The van der Waals surface area contributed by atoms with E-state index in [1.807, 2.05) is 0 Å². The summed E-state index contributed by atoms with van der Waals surface area (Å²) in [5.41, 5.74) is -0.554. The summed E-state index contributed by atoms with van der Waals surface area (Å²) in [5.74, 6) is -2.37. The fourth-order valence-electron chi connectivity index (χ4n) is 3.17. The van der Waals surface area contributed by atoms with E-state index in [1.165, 1.54) is 0 Å². The number of nitrogens with one attached hydrogen (secondary N) is 1. The number of halogens is 3. The van der Waals surface area contributed by atoms with Crippen molar-refractivity contribution in [3.63, 3.8) is 0 Å². The Labute approximate surface area is 103 Å². The zero-order valence-electron chi connectivity index (χ0n) is 10.1. The van der Waals surface area contributed by atoms with Gasteiger partial charge in [0.15, 0.2) is 0 Å². The van der Waals surface area contributed by atoms with Crippen molar-refractivity contribution in [1.29, 1.82) is 0 Å². The van der Waals surface area contributed by atoms with Crippen LogP contribution in [0.3, 0.4) is 0 Å². The summed E-state index contributed by atoms with van der Waals surface area (Å²) in [4.78, 5) is 23.0. The molecule has 2 amide bonds. The van der Waals surface area contributed by atoms with Crippen molar-refractivity contribution in [1.82, 2.24) is 5.32 Å². The van der Waals surface area contributed by atoms with Crippen LogP contribution in [0.2, 0.25) is 0 Å². The number of imide groups is 1. The molecule has 0 aromatic carbocycles. The minimum Gasteiger partial charge on any atom is -0.296 e. The topological polar surface area (TPSA) is 46.2 Å². The zero-order valence-corrected chi connectivity index (χ0v) is 10.1. The number of piperidine rings is 1. The standard InChI is InChI=1S/C12H16F3NO2/c1-7-10(18)16-9(17)6-11(7)4-2-8(3-5-11)12(13,14)15/h7-8H,2-6H2,1H3,(H,16,17,18). The van der Waals surface area contributed by atoms with Gasteiger partial charge >= 0.3 is 6.18 Å². The summed E-state index contributed by atoms with van der Waals surface area (Å²) in [5, 5.41) is 2.24. The van der Waals surface area contributed by atoms with Gasteiger partial charge in [0.05, 0.1) is 5.92 Å². The maximum atomic E-state index is 12.6. The normalized spacial score (nSPS) is 37.8. The van der Waals surface area contributed by atoms with Crippen LogP contribution in [0.1, 0.15) is 39.0 Å². The lowest BCUT2D eigenvalue weighted by molar-refractivity contribution is -0.190. The van der Waals surface area contributed by atoms with E-state index in [0.29, 0.717) is 12.8 Å². The van der Waals surface area contributed by atoms with E-state index in [9.17, 15) is 22.8 Å². The maximum absolute atomic E-state index is 12.6. The van der Waals surface area contributed by atoms with Crippen molar-refractivity contribution in [2.24, 2.45) is 17.3 Å². The molecule has 6 heteroatoms. The maximum Gasteiger partial charge on any atom is 0.391 e. The molecule has 1 unspecified atom stereocenters. The molecule has 0 bridgehead atoms. The number of hydrogen-bond acceptors (Lipinski definition) is 2. The SMILES string of the molecule is CC1C(=O)NC(=O)CC12CCC(C(F)(F)F)CC2. The smallest absolute Gasteiger partial charge is 0.296 e. The van der Waals surface area contributed by atoms with Gasteiger partial charge in [0.2, 0.25) is 11.8 Å². The summed E-state index contributed by atoms with van der Waals surface area (Å²) < 4.78 is 37.8. The molecular weight excluding hydrogens is 247 g/mol.